The maximum absolute atomic E-state index is 12.2. The summed E-state index contributed by atoms with van der Waals surface area (Å²) < 4.78 is 0. The third kappa shape index (κ3) is 3.39. The van der Waals surface area contributed by atoms with Gasteiger partial charge in [0.25, 0.3) is 0 Å². The van der Waals surface area contributed by atoms with Crippen molar-refractivity contribution in [2.24, 2.45) is 5.92 Å². The van der Waals surface area contributed by atoms with Crippen molar-refractivity contribution in [3.8, 4) is 6.07 Å². The lowest BCUT2D eigenvalue weighted by Gasteiger charge is -2.31. The van der Waals surface area contributed by atoms with E-state index in [1.165, 1.54) is 0 Å². The number of benzene rings is 1. The van der Waals surface area contributed by atoms with Crippen molar-refractivity contribution in [3.63, 3.8) is 0 Å². The van der Waals surface area contributed by atoms with Gasteiger partial charge in [-0.3, -0.25) is 0 Å². The Hall–Kier alpha value is -1.73. The fourth-order valence-corrected chi connectivity index (χ4v) is 2.46. The monoisotopic (exact) mass is 277 g/mol. The molecule has 2 rings (SSSR count). The van der Waals surface area contributed by atoms with Crippen LogP contribution >= 0.6 is 11.6 Å². The number of urea groups is 1. The van der Waals surface area contributed by atoms with E-state index in [0.717, 1.165) is 25.9 Å². The number of carbonyl (C=O) groups excluding carboxylic acids is 1. The average Bonchev–Trinajstić information content (AvgIpc) is 2.39. The van der Waals surface area contributed by atoms with Crippen LogP contribution in [-0.2, 0) is 0 Å². The van der Waals surface area contributed by atoms with Crippen molar-refractivity contribution in [3.05, 3.63) is 28.8 Å². The molecule has 0 aliphatic carbocycles. The maximum Gasteiger partial charge on any atom is 0.321 e. The fourth-order valence-electron chi connectivity index (χ4n) is 2.29. The second kappa shape index (κ2) is 5.94. The summed E-state index contributed by atoms with van der Waals surface area (Å²) in [6.07, 6.45) is 2.18. The van der Waals surface area contributed by atoms with E-state index in [4.69, 9.17) is 16.9 Å². The Morgan fingerprint density at radius 3 is 3.05 bits per heavy atom. The first-order chi connectivity index (χ1) is 9.10. The van der Waals surface area contributed by atoms with Crippen LogP contribution in [0.5, 0.6) is 0 Å². The molecule has 0 aromatic heterocycles. The van der Waals surface area contributed by atoms with E-state index in [9.17, 15) is 4.79 Å². The van der Waals surface area contributed by atoms with E-state index < -0.39 is 0 Å². The van der Waals surface area contributed by atoms with Gasteiger partial charge in [0.05, 0.1) is 11.3 Å². The second-order valence-corrected chi connectivity index (χ2v) is 5.36. The number of nitriles is 1. The summed E-state index contributed by atoms with van der Waals surface area (Å²) in [5.41, 5.74) is 0.890. The summed E-state index contributed by atoms with van der Waals surface area (Å²) in [5.74, 6) is 0.522. The number of nitrogens with zero attached hydrogens (tertiary/aromatic N) is 2. The molecule has 0 radical (unpaired) electrons. The smallest absolute Gasteiger partial charge is 0.321 e. The molecule has 19 heavy (non-hydrogen) atoms. The van der Waals surface area contributed by atoms with Gasteiger partial charge < -0.3 is 10.2 Å². The van der Waals surface area contributed by atoms with Crippen LogP contribution in [-0.4, -0.2) is 24.0 Å². The van der Waals surface area contributed by atoms with E-state index >= 15 is 0 Å². The molecule has 1 heterocycles. The van der Waals surface area contributed by atoms with Crippen LogP contribution in [0.25, 0.3) is 0 Å². The Morgan fingerprint density at radius 2 is 2.37 bits per heavy atom. The van der Waals surface area contributed by atoms with Gasteiger partial charge in [0.15, 0.2) is 0 Å². The quantitative estimate of drug-likeness (QED) is 0.854. The molecule has 1 aromatic rings. The van der Waals surface area contributed by atoms with E-state index in [1.54, 1.807) is 23.1 Å². The summed E-state index contributed by atoms with van der Waals surface area (Å²) in [4.78, 5) is 13.9. The number of hydrogen-bond acceptors (Lipinski definition) is 2. The highest BCUT2D eigenvalue weighted by atomic mass is 35.5. The molecule has 100 valence electrons. The van der Waals surface area contributed by atoms with E-state index in [-0.39, 0.29) is 6.03 Å². The average molecular weight is 278 g/mol. The van der Waals surface area contributed by atoms with Crippen molar-refractivity contribution in [1.29, 1.82) is 5.26 Å². The zero-order chi connectivity index (χ0) is 13.8. The van der Waals surface area contributed by atoms with E-state index in [0.29, 0.717) is 22.2 Å². The molecule has 0 spiro atoms. The van der Waals surface area contributed by atoms with Gasteiger partial charge in [0.2, 0.25) is 0 Å². The maximum atomic E-state index is 12.2. The number of likely N-dealkylation sites (tertiary alicyclic amines) is 1. The van der Waals surface area contributed by atoms with Crippen LogP contribution in [0.3, 0.4) is 0 Å². The molecule has 1 atom stereocenters. The normalized spacial score (nSPS) is 18.8. The molecule has 5 heteroatoms. The number of nitrogens with one attached hydrogen (secondary N) is 1. The zero-order valence-electron chi connectivity index (χ0n) is 10.8. The number of halogens is 1. The predicted molar refractivity (Wildman–Crippen MR) is 75.2 cm³/mol. The molecule has 0 bridgehead atoms. The number of carbonyl (C=O) groups is 1. The lowest BCUT2D eigenvalue weighted by Crippen LogP contribution is -2.41. The van der Waals surface area contributed by atoms with Crippen molar-refractivity contribution in [1.82, 2.24) is 4.90 Å². The molecule has 1 aliphatic heterocycles. The minimum Gasteiger partial charge on any atom is -0.324 e. The lowest BCUT2D eigenvalue weighted by molar-refractivity contribution is 0.182. The van der Waals surface area contributed by atoms with E-state index in [2.05, 4.69) is 12.2 Å². The van der Waals surface area contributed by atoms with Crippen molar-refractivity contribution in [2.75, 3.05) is 18.4 Å². The minimum atomic E-state index is -0.162. The summed E-state index contributed by atoms with van der Waals surface area (Å²) in [6, 6.07) is 6.73. The van der Waals surface area contributed by atoms with Gasteiger partial charge in [-0.05, 0) is 37.0 Å². The van der Waals surface area contributed by atoms with Crippen LogP contribution in [0.1, 0.15) is 25.3 Å². The number of anilines is 1. The van der Waals surface area contributed by atoms with Gasteiger partial charge in [0.1, 0.15) is 6.07 Å². The number of amides is 2. The Balaban J connectivity index is 2.10. The van der Waals surface area contributed by atoms with Crippen LogP contribution in [0.4, 0.5) is 10.5 Å². The van der Waals surface area contributed by atoms with Crippen molar-refractivity contribution in [2.45, 2.75) is 19.8 Å². The van der Waals surface area contributed by atoms with Gasteiger partial charge in [-0.25, -0.2) is 4.79 Å². The Labute approximate surface area is 118 Å². The largest absolute Gasteiger partial charge is 0.324 e. The highest BCUT2D eigenvalue weighted by Gasteiger charge is 2.21. The molecule has 1 aromatic carbocycles. The van der Waals surface area contributed by atoms with Crippen LogP contribution in [0, 0.1) is 17.2 Å². The first-order valence-corrected chi connectivity index (χ1v) is 6.73. The Bertz CT molecular complexity index is 524. The second-order valence-electron chi connectivity index (χ2n) is 4.93. The van der Waals surface area contributed by atoms with Crippen LogP contribution < -0.4 is 5.32 Å². The third-order valence-corrected chi connectivity index (χ3v) is 3.52. The summed E-state index contributed by atoms with van der Waals surface area (Å²) in [5, 5.41) is 12.3. The predicted octanol–water partition coefficient (Wildman–Crippen LogP) is 3.48. The van der Waals surface area contributed by atoms with Gasteiger partial charge >= 0.3 is 6.03 Å². The zero-order valence-corrected chi connectivity index (χ0v) is 11.6. The fraction of sp³-hybridized carbons (Fsp3) is 0.429. The number of rotatable bonds is 1. The number of hydrogen-bond donors (Lipinski definition) is 1. The molecule has 1 saturated heterocycles. The summed E-state index contributed by atoms with van der Waals surface area (Å²) in [6.45, 7) is 3.66. The van der Waals surface area contributed by atoms with Crippen LogP contribution in [0.15, 0.2) is 18.2 Å². The number of piperidine rings is 1. The Kier molecular flexibility index (Phi) is 4.28. The first kappa shape index (κ1) is 13.7. The molecule has 4 nitrogen and oxygen atoms in total. The van der Waals surface area contributed by atoms with E-state index in [1.807, 2.05) is 6.07 Å². The molecule has 0 saturated carbocycles. The van der Waals surface area contributed by atoms with Crippen molar-refractivity contribution < 1.29 is 4.79 Å². The molecule has 2 amide bonds. The molecular formula is C14H16ClN3O. The summed E-state index contributed by atoms with van der Waals surface area (Å²) in [7, 11) is 0. The summed E-state index contributed by atoms with van der Waals surface area (Å²) >= 11 is 5.89. The van der Waals surface area contributed by atoms with Gasteiger partial charge in [-0.1, -0.05) is 18.5 Å². The molecule has 1 aliphatic rings. The molecule has 1 unspecified atom stereocenters. The van der Waals surface area contributed by atoms with Gasteiger partial charge in [-0.2, -0.15) is 5.26 Å². The standard InChI is InChI=1S/C14H16ClN3O/c1-10-3-2-6-18(9-10)14(19)17-13-7-12(15)5-4-11(13)8-16/h4-5,7,10H,2-3,6,9H2,1H3,(H,17,19). The van der Waals surface area contributed by atoms with Crippen molar-refractivity contribution >= 4 is 23.3 Å². The molecular weight excluding hydrogens is 262 g/mol. The lowest BCUT2D eigenvalue weighted by atomic mass is 10.0. The first-order valence-electron chi connectivity index (χ1n) is 6.35. The van der Waals surface area contributed by atoms with Crippen LogP contribution in [0.2, 0.25) is 5.02 Å². The minimum absolute atomic E-state index is 0.162. The van der Waals surface area contributed by atoms with Gasteiger partial charge in [0, 0.05) is 18.1 Å². The topological polar surface area (TPSA) is 56.1 Å². The Morgan fingerprint density at radius 1 is 1.58 bits per heavy atom. The molecule has 1 N–H and O–H groups in total. The SMILES string of the molecule is CC1CCCN(C(=O)Nc2cc(Cl)ccc2C#N)C1. The van der Waals surface area contributed by atoms with Gasteiger partial charge in [-0.15, -0.1) is 0 Å². The molecule has 1 fully saturated rings. The highest BCUT2D eigenvalue weighted by molar-refractivity contribution is 6.31. The highest BCUT2D eigenvalue weighted by Crippen LogP contribution is 2.22. The third-order valence-electron chi connectivity index (χ3n) is 3.29.